The van der Waals surface area contributed by atoms with E-state index in [1.807, 2.05) is 36.4 Å². The molecule has 0 aliphatic carbocycles. The molecule has 0 aromatic heterocycles. The molecule has 2 aromatic carbocycles. The average Bonchev–Trinajstić information content (AvgIpc) is 3.09. The summed E-state index contributed by atoms with van der Waals surface area (Å²) >= 11 is 6.22. The van der Waals surface area contributed by atoms with Gasteiger partial charge in [0, 0.05) is 35.3 Å². The van der Waals surface area contributed by atoms with Crippen LogP contribution in [0.25, 0.3) is 0 Å². The fourth-order valence-electron chi connectivity index (χ4n) is 3.48. The van der Waals surface area contributed by atoms with Crippen LogP contribution in [0.15, 0.2) is 48.5 Å². The van der Waals surface area contributed by atoms with E-state index < -0.39 is 0 Å². The van der Waals surface area contributed by atoms with Crippen molar-refractivity contribution in [3.63, 3.8) is 0 Å². The number of nitrogens with zero attached hydrogens (tertiary/aromatic N) is 1. The summed E-state index contributed by atoms with van der Waals surface area (Å²) in [6.45, 7) is 6.97. The molecule has 1 aliphatic heterocycles. The minimum Gasteiger partial charge on any atom is -0.489 e. The van der Waals surface area contributed by atoms with Crippen LogP contribution in [-0.4, -0.2) is 30.6 Å². The molecule has 1 fully saturated rings. The van der Waals surface area contributed by atoms with Crippen LogP contribution in [0.2, 0.25) is 5.02 Å². The third-order valence-corrected chi connectivity index (χ3v) is 5.28. The summed E-state index contributed by atoms with van der Waals surface area (Å²) in [5.74, 6) is 0.925. The molecule has 1 saturated heterocycles. The van der Waals surface area contributed by atoms with Crippen LogP contribution in [0.3, 0.4) is 0 Å². The third kappa shape index (κ3) is 4.97. The zero-order valence-corrected chi connectivity index (χ0v) is 15.6. The lowest BCUT2D eigenvalue weighted by molar-refractivity contribution is 0.259. The van der Waals surface area contributed by atoms with Gasteiger partial charge in [0.05, 0.1) is 0 Å². The summed E-state index contributed by atoms with van der Waals surface area (Å²) in [5.41, 5.74) is 2.20. The number of rotatable bonds is 8. The van der Waals surface area contributed by atoms with Crippen LogP contribution >= 0.6 is 11.6 Å². The monoisotopic (exact) mass is 358 g/mol. The summed E-state index contributed by atoms with van der Waals surface area (Å²) in [5, 5.41) is 4.36. The largest absolute Gasteiger partial charge is 0.489 e. The number of ether oxygens (including phenoxy) is 1. The van der Waals surface area contributed by atoms with Crippen LogP contribution in [0.4, 0.5) is 0 Å². The number of benzene rings is 2. The maximum atomic E-state index is 6.22. The number of nitrogens with one attached hydrogen (secondary N) is 1. The second-order valence-electron chi connectivity index (χ2n) is 6.54. The van der Waals surface area contributed by atoms with Crippen molar-refractivity contribution in [1.82, 2.24) is 10.2 Å². The lowest BCUT2D eigenvalue weighted by atomic mass is 10.1. The van der Waals surface area contributed by atoms with E-state index in [0.717, 1.165) is 36.0 Å². The molecule has 1 N–H and O–H groups in total. The van der Waals surface area contributed by atoms with Crippen molar-refractivity contribution in [2.24, 2.45) is 0 Å². The molecule has 1 atom stereocenters. The van der Waals surface area contributed by atoms with Gasteiger partial charge in [0.1, 0.15) is 12.4 Å². The predicted molar refractivity (Wildman–Crippen MR) is 104 cm³/mol. The molecule has 0 saturated carbocycles. The van der Waals surface area contributed by atoms with Gasteiger partial charge in [-0.05, 0) is 38.1 Å². The van der Waals surface area contributed by atoms with Gasteiger partial charge < -0.3 is 10.1 Å². The molecular formula is C21H27ClN2O. The van der Waals surface area contributed by atoms with Gasteiger partial charge in [-0.25, -0.2) is 0 Å². The highest BCUT2D eigenvalue weighted by Gasteiger charge is 2.22. The quantitative estimate of drug-likeness (QED) is 0.752. The summed E-state index contributed by atoms with van der Waals surface area (Å²) < 4.78 is 6.03. The van der Waals surface area contributed by atoms with Gasteiger partial charge in [-0.15, -0.1) is 0 Å². The van der Waals surface area contributed by atoms with Gasteiger partial charge in [-0.1, -0.05) is 54.9 Å². The van der Waals surface area contributed by atoms with Gasteiger partial charge in [0.2, 0.25) is 0 Å². The Morgan fingerprint density at radius 2 is 1.88 bits per heavy atom. The third-order valence-electron chi connectivity index (χ3n) is 4.91. The Hall–Kier alpha value is -1.55. The highest BCUT2D eigenvalue weighted by molar-refractivity contribution is 6.31. The maximum absolute atomic E-state index is 6.22. The Kier molecular flexibility index (Phi) is 6.74. The molecule has 1 aliphatic rings. The number of para-hydroxylation sites is 1. The number of hydrogen-bond acceptors (Lipinski definition) is 3. The van der Waals surface area contributed by atoms with Crippen molar-refractivity contribution in [2.75, 3.05) is 19.6 Å². The number of likely N-dealkylation sites (tertiary alicyclic amines) is 1. The molecule has 0 radical (unpaired) electrons. The lowest BCUT2D eigenvalue weighted by Crippen LogP contribution is -2.37. The molecule has 0 spiro atoms. The molecule has 3 rings (SSSR count). The number of halogens is 1. The van der Waals surface area contributed by atoms with Crippen molar-refractivity contribution < 1.29 is 4.74 Å². The minimum atomic E-state index is 0.489. The molecule has 1 unspecified atom stereocenters. The first-order valence-corrected chi connectivity index (χ1v) is 9.54. The van der Waals surface area contributed by atoms with E-state index in [-0.39, 0.29) is 0 Å². The molecule has 0 amide bonds. The lowest BCUT2D eigenvalue weighted by Gasteiger charge is -2.23. The highest BCUT2D eigenvalue weighted by Crippen LogP contribution is 2.22. The Balaban J connectivity index is 1.55. The summed E-state index contributed by atoms with van der Waals surface area (Å²) in [7, 11) is 0. The predicted octanol–water partition coefficient (Wildman–Crippen LogP) is 4.49. The zero-order chi connectivity index (χ0) is 17.5. The van der Waals surface area contributed by atoms with E-state index in [9.17, 15) is 0 Å². The first kappa shape index (κ1) is 18.2. The maximum Gasteiger partial charge on any atom is 0.124 e. The average molecular weight is 359 g/mol. The van der Waals surface area contributed by atoms with Crippen LogP contribution < -0.4 is 10.1 Å². The topological polar surface area (TPSA) is 24.5 Å². The molecule has 3 nitrogen and oxygen atoms in total. The Morgan fingerprint density at radius 3 is 2.68 bits per heavy atom. The van der Waals surface area contributed by atoms with Crippen molar-refractivity contribution in [2.45, 2.75) is 39.0 Å². The van der Waals surface area contributed by atoms with Crippen molar-refractivity contribution in [1.29, 1.82) is 0 Å². The van der Waals surface area contributed by atoms with Crippen LogP contribution in [0.5, 0.6) is 5.75 Å². The zero-order valence-electron chi connectivity index (χ0n) is 14.9. The van der Waals surface area contributed by atoms with E-state index in [2.05, 4.69) is 29.3 Å². The van der Waals surface area contributed by atoms with Gasteiger partial charge in [0.25, 0.3) is 0 Å². The van der Waals surface area contributed by atoms with E-state index in [1.165, 1.54) is 24.9 Å². The first-order valence-electron chi connectivity index (χ1n) is 9.16. The molecule has 1 heterocycles. The molecular weight excluding hydrogens is 332 g/mol. The minimum absolute atomic E-state index is 0.489. The summed E-state index contributed by atoms with van der Waals surface area (Å²) in [6.07, 6.45) is 2.61. The van der Waals surface area contributed by atoms with Gasteiger partial charge in [-0.2, -0.15) is 0 Å². The molecule has 134 valence electrons. The fraction of sp³-hybridized carbons (Fsp3) is 0.429. The standard InChI is InChI=1S/C21H27ClN2O/c1-2-24-13-7-10-19(24)15-23-14-17-8-4-6-12-21(17)25-16-18-9-3-5-11-20(18)22/h3-6,8-9,11-12,19,23H,2,7,10,13-16H2,1H3. The van der Waals surface area contributed by atoms with E-state index in [1.54, 1.807) is 0 Å². The van der Waals surface area contributed by atoms with Crippen LogP contribution in [-0.2, 0) is 13.2 Å². The van der Waals surface area contributed by atoms with E-state index in [4.69, 9.17) is 16.3 Å². The van der Waals surface area contributed by atoms with E-state index >= 15 is 0 Å². The molecule has 4 heteroatoms. The highest BCUT2D eigenvalue weighted by atomic mass is 35.5. The van der Waals surface area contributed by atoms with Crippen molar-refractivity contribution in [3.8, 4) is 5.75 Å². The normalized spacial score (nSPS) is 17.8. The van der Waals surface area contributed by atoms with Crippen molar-refractivity contribution in [3.05, 3.63) is 64.7 Å². The number of hydrogen-bond donors (Lipinski definition) is 1. The first-order chi connectivity index (χ1) is 12.3. The van der Waals surface area contributed by atoms with Crippen molar-refractivity contribution >= 4 is 11.6 Å². The van der Waals surface area contributed by atoms with Gasteiger partial charge >= 0.3 is 0 Å². The summed E-state index contributed by atoms with van der Waals surface area (Å²) in [4.78, 5) is 2.56. The second kappa shape index (κ2) is 9.23. The smallest absolute Gasteiger partial charge is 0.124 e. The second-order valence-corrected chi connectivity index (χ2v) is 6.95. The van der Waals surface area contributed by atoms with Crippen LogP contribution in [0.1, 0.15) is 30.9 Å². The Labute approximate surface area is 155 Å². The Morgan fingerprint density at radius 1 is 1.12 bits per heavy atom. The molecule has 0 bridgehead atoms. The fourth-order valence-corrected chi connectivity index (χ4v) is 3.67. The van der Waals surface area contributed by atoms with Gasteiger partial charge in [-0.3, -0.25) is 4.90 Å². The molecule has 2 aromatic rings. The van der Waals surface area contributed by atoms with E-state index in [0.29, 0.717) is 12.6 Å². The molecule has 25 heavy (non-hydrogen) atoms. The number of likely N-dealkylation sites (N-methyl/N-ethyl adjacent to an activating group) is 1. The Bertz CT molecular complexity index is 676. The van der Waals surface area contributed by atoms with Gasteiger partial charge in [0.15, 0.2) is 0 Å². The summed E-state index contributed by atoms with van der Waals surface area (Å²) in [6, 6.07) is 16.7. The van der Waals surface area contributed by atoms with Crippen LogP contribution in [0, 0.1) is 0 Å². The SMILES string of the molecule is CCN1CCCC1CNCc1ccccc1OCc1ccccc1Cl.